The standard InChI is InChI=1S/C36H36N6O7S.O3S/c1-2-4-33(43)25-6-14-29(15-7-25)39-41-31-18-10-27(11-19-31)35(45)37-22-3-5-34(44)26-8-16-30(17-9-26)40-42-32-20-12-28(13-21-32)36(46)38-23-24-50(47,48)49;1-4(2)3/h6-21H,2-5,22-24H2,1H3,(H,37,45)(H,38,46)(H,47,48,49);. The fourth-order valence-corrected chi connectivity index (χ4v) is 4.84. The molecule has 282 valence electrons. The van der Waals surface area contributed by atoms with Gasteiger partial charge in [-0.05, 0) is 110 Å². The van der Waals surface area contributed by atoms with Crippen molar-refractivity contribution in [3.8, 4) is 0 Å². The number of carbonyl (C=O) groups excluding carboxylic acids is 4. The average Bonchev–Trinajstić information content (AvgIpc) is 3.15. The molecule has 18 heteroatoms. The van der Waals surface area contributed by atoms with Gasteiger partial charge in [0.2, 0.25) is 0 Å². The Balaban J connectivity index is 0.00000186. The number of carbonyl (C=O) groups is 4. The lowest BCUT2D eigenvalue weighted by molar-refractivity contribution is 0.0937. The van der Waals surface area contributed by atoms with Gasteiger partial charge < -0.3 is 10.6 Å². The minimum Gasteiger partial charge on any atom is -0.352 e. The van der Waals surface area contributed by atoms with Crippen LogP contribution in [0.3, 0.4) is 0 Å². The van der Waals surface area contributed by atoms with E-state index in [1.165, 1.54) is 12.1 Å². The number of nitrogens with zero attached hydrogens (tertiary/aromatic N) is 4. The zero-order valence-corrected chi connectivity index (χ0v) is 30.5. The Kier molecular flexibility index (Phi) is 16.8. The van der Waals surface area contributed by atoms with Crippen LogP contribution < -0.4 is 10.6 Å². The molecule has 0 aliphatic rings. The topological polar surface area (TPSA) is 247 Å². The maximum Gasteiger partial charge on any atom is 0.425 e. The Bertz CT molecular complexity index is 2190. The van der Waals surface area contributed by atoms with E-state index >= 15 is 0 Å². The Labute approximate surface area is 312 Å². The molecule has 0 saturated heterocycles. The first-order valence-corrected chi connectivity index (χ1v) is 18.9. The third kappa shape index (κ3) is 15.6. The van der Waals surface area contributed by atoms with Gasteiger partial charge in [0.05, 0.1) is 28.5 Å². The molecule has 0 fully saturated rings. The van der Waals surface area contributed by atoms with Crippen LogP contribution in [0.15, 0.2) is 118 Å². The lowest BCUT2D eigenvalue weighted by atomic mass is 10.1. The van der Waals surface area contributed by atoms with Crippen molar-refractivity contribution < 1.29 is 44.8 Å². The van der Waals surface area contributed by atoms with Crippen LogP contribution in [0.2, 0.25) is 0 Å². The highest BCUT2D eigenvalue weighted by Crippen LogP contribution is 2.21. The third-order valence-electron chi connectivity index (χ3n) is 7.19. The number of Topliss-reactive ketones (excluding diaryl/α,β-unsaturated/α-hetero) is 2. The molecule has 0 aromatic heterocycles. The summed E-state index contributed by atoms with van der Waals surface area (Å²) in [4.78, 5) is 49.3. The maximum absolute atomic E-state index is 12.7. The number of hydrogen-bond donors (Lipinski definition) is 3. The van der Waals surface area contributed by atoms with E-state index in [0.29, 0.717) is 58.8 Å². The highest BCUT2D eigenvalue weighted by Gasteiger charge is 2.10. The van der Waals surface area contributed by atoms with E-state index in [-0.39, 0.29) is 36.0 Å². The Hall–Kier alpha value is -6.11. The van der Waals surface area contributed by atoms with Crippen molar-refractivity contribution in [2.24, 2.45) is 20.5 Å². The molecule has 0 saturated carbocycles. The van der Waals surface area contributed by atoms with Gasteiger partial charge in [-0.15, -0.1) is 12.6 Å². The van der Waals surface area contributed by atoms with Crippen molar-refractivity contribution in [3.05, 3.63) is 119 Å². The molecule has 3 N–H and O–H groups in total. The SMILES string of the molecule is CCCC(=O)c1ccc(N=Nc2ccc(C(=O)NCCCC(=O)c3ccc(N=Nc4ccc(C(=O)NCCS(=O)(=O)O)cc4)cc3)cc2)cc1.O=S(=O)=O. The highest BCUT2D eigenvalue weighted by molar-refractivity contribution is 7.85. The molecular weight excluding hydrogens is 741 g/mol. The van der Waals surface area contributed by atoms with Gasteiger partial charge in [0.15, 0.2) is 11.6 Å². The van der Waals surface area contributed by atoms with Crippen LogP contribution in [0.5, 0.6) is 0 Å². The smallest absolute Gasteiger partial charge is 0.352 e. The van der Waals surface area contributed by atoms with Gasteiger partial charge >= 0.3 is 10.6 Å². The van der Waals surface area contributed by atoms with Gasteiger partial charge in [0, 0.05) is 48.2 Å². The molecule has 16 nitrogen and oxygen atoms in total. The van der Waals surface area contributed by atoms with Crippen LogP contribution in [0.1, 0.15) is 74.0 Å². The number of hydrogen-bond acceptors (Lipinski definition) is 13. The van der Waals surface area contributed by atoms with Crippen LogP contribution >= 0.6 is 0 Å². The van der Waals surface area contributed by atoms with Crippen molar-refractivity contribution in [3.63, 3.8) is 0 Å². The zero-order valence-electron chi connectivity index (χ0n) is 28.9. The van der Waals surface area contributed by atoms with E-state index in [1.54, 1.807) is 84.9 Å². The van der Waals surface area contributed by atoms with Gasteiger partial charge in [0.1, 0.15) is 0 Å². The predicted molar refractivity (Wildman–Crippen MR) is 198 cm³/mol. The van der Waals surface area contributed by atoms with Crippen molar-refractivity contribution in [1.29, 1.82) is 0 Å². The van der Waals surface area contributed by atoms with Gasteiger partial charge in [0.25, 0.3) is 21.9 Å². The van der Waals surface area contributed by atoms with Crippen molar-refractivity contribution >= 4 is 66.9 Å². The van der Waals surface area contributed by atoms with Gasteiger partial charge in [-0.1, -0.05) is 6.92 Å². The van der Waals surface area contributed by atoms with Gasteiger partial charge in [-0.25, -0.2) is 0 Å². The molecule has 54 heavy (non-hydrogen) atoms. The molecule has 2 amide bonds. The summed E-state index contributed by atoms with van der Waals surface area (Å²) >= 11 is 0. The van der Waals surface area contributed by atoms with Crippen molar-refractivity contribution in [2.75, 3.05) is 18.8 Å². The Morgan fingerprint density at radius 2 is 0.870 bits per heavy atom. The molecule has 0 aliphatic carbocycles. The normalized spacial score (nSPS) is 11.1. The summed E-state index contributed by atoms with van der Waals surface area (Å²) < 4.78 is 55.6. The third-order valence-corrected chi connectivity index (χ3v) is 7.91. The lowest BCUT2D eigenvalue weighted by Gasteiger charge is -2.06. The fraction of sp³-hybridized carbons (Fsp3) is 0.222. The number of rotatable bonds is 17. The highest BCUT2D eigenvalue weighted by atomic mass is 32.2. The van der Waals surface area contributed by atoms with Crippen LogP contribution in [0, 0.1) is 0 Å². The van der Waals surface area contributed by atoms with Crippen molar-refractivity contribution in [2.45, 2.75) is 32.6 Å². The molecule has 4 rings (SSSR count). The average molecular weight is 777 g/mol. The second-order valence-electron chi connectivity index (χ2n) is 11.3. The van der Waals surface area contributed by atoms with Crippen LogP contribution in [-0.4, -0.2) is 67.8 Å². The first kappa shape index (κ1) is 42.3. The zero-order chi connectivity index (χ0) is 39.5. The summed E-state index contributed by atoms with van der Waals surface area (Å²) in [5.74, 6) is -1.32. The van der Waals surface area contributed by atoms with Gasteiger partial charge in [-0.3, -0.25) is 23.7 Å². The van der Waals surface area contributed by atoms with Crippen molar-refractivity contribution in [1.82, 2.24) is 10.6 Å². The molecule has 0 bridgehead atoms. The quantitative estimate of drug-likeness (QED) is 0.0454. The molecule has 4 aromatic carbocycles. The monoisotopic (exact) mass is 776 g/mol. The van der Waals surface area contributed by atoms with E-state index in [4.69, 9.17) is 17.2 Å². The summed E-state index contributed by atoms with van der Waals surface area (Å²) in [6.45, 7) is 2.06. The number of nitrogens with one attached hydrogen (secondary N) is 2. The molecule has 0 radical (unpaired) electrons. The number of amides is 2. The van der Waals surface area contributed by atoms with E-state index < -0.39 is 32.4 Å². The minimum atomic E-state index is -4.16. The predicted octanol–water partition coefficient (Wildman–Crippen LogP) is 6.51. The number of azo groups is 2. The summed E-state index contributed by atoms with van der Waals surface area (Å²) in [5.41, 5.74) is 4.07. The molecule has 0 aliphatic heterocycles. The molecule has 0 unspecified atom stereocenters. The first-order chi connectivity index (χ1) is 25.7. The maximum atomic E-state index is 12.7. The summed E-state index contributed by atoms with van der Waals surface area (Å²) in [7, 11) is -7.27. The van der Waals surface area contributed by atoms with Crippen LogP contribution in [-0.2, 0) is 20.7 Å². The van der Waals surface area contributed by atoms with E-state index in [1.807, 2.05) is 6.92 Å². The fourth-order valence-electron chi connectivity index (χ4n) is 4.48. The Morgan fingerprint density at radius 1 is 0.556 bits per heavy atom. The molecule has 0 atom stereocenters. The molecule has 0 spiro atoms. The Morgan fingerprint density at radius 3 is 1.20 bits per heavy atom. The largest absolute Gasteiger partial charge is 0.425 e. The molecule has 4 aromatic rings. The van der Waals surface area contributed by atoms with Crippen LogP contribution in [0.25, 0.3) is 0 Å². The van der Waals surface area contributed by atoms with E-state index in [0.717, 1.165) is 6.42 Å². The minimum absolute atomic E-state index is 0.0786. The van der Waals surface area contributed by atoms with E-state index in [2.05, 4.69) is 31.1 Å². The summed E-state index contributed by atoms with van der Waals surface area (Å²) in [6, 6.07) is 26.4. The number of benzene rings is 4. The van der Waals surface area contributed by atoms with Gasteiger partial charge in [-0.2, -0.15) is 28.9 Å². The second-order valence-corrected chi connectivity index (χ2v) is 13.3. The lowest BCUT2D eigenvalue weighted by Crippen LogP contribution is -2.28. The molecule has 0 heterocycles. The second kappa shape index (κ2) is 21.4. The summed E-state index contributed by atoms with van der Waals surface area (Å²) in [5, 5.41) is 21.9. The van der Waals surface area contributed by atoms with E-state index in [9.17, 15) is 27.6 Å². The van der Waals surface area contributed by atoms with Crippen LogP contribution in [0.4, 0.5) is 22.7 Å². The first-order valence-electron chi connectivity index (χ1n) is 16.3. The molecular formula is C36H36N6O10S2. The number of ketones is 2. The summed E-state index contributed by atoms with van der Waals surface area (Å²) in [6.07, 6.45) is 2.00.